The Kier molecular flexibility index (Phi) is 4.51. The molecule has 1 atom stereocenters. The molecular formula is C16H22ClN3. The van der Waals surface area contributed by atoms with Crippen LogP contribution < -0.4 is 5.73 Å². The Labute approximate surface area is 125 Å². The molecule has 108 valence electrons. The van der Waals surface area contributed by atoms with E-state index in [2.05, 4.69) is 44.1 Å². The zero-order chi connectivity index (χ0) is 14.9. The van der Waals surface area contributed by atoms with Crippen molar-refractivity contribution in [1.29, 1.82) is 0 Å². The minimum atomic E-state index is -0.0630. The third-order valence-electron chi connectivity index (χ3n) is 3.88. The van der Waals surface area contributed by atoms with E-state index in [-0.39, 0.29) is 6.04 Å². The summed E-state index contributed by atoms with van der Waals surface area (Å²) in [6, 6.07) is 6.31. The average Bonchev–Trinajstić information content (AvgIpc) is 2.69. The van der Waals surface area contributed by atoms with E-state index in [0.29, 0.717) is 6.42 Å². The normalized spacial score (nSPS) is 12.7. The molecule has 2 aromatic rings. The van der Waals surface area contributed by atoms with Crippen molar-refractivity contribution in [3.63, 3.8) is 0 Å². The Bertz CT molecular complexity index is 616. The van der Waals surface area contributed by atoms with Gasteiger partial charge < -0.3 is 5.73 Å². The predicted octanol–water partition coefficient (Wildman–Crippen LogP) is 3.50. The van der Waals surface area contributed by atoms with Crippen LogP contribution in [0.3, 0.4) is 0 Å². The van der Waals surface area contributed by atoms with Crippen molar-refractivity contribution < 1.29 is 0 Å². The maximum absolute atomic E-state index is 6.38. The van der Waals surface area contributed by atoms with Gasteiger partial charge in [0.05, 0.1) is 16.4 Å². The average molecular weight is 292 g/mol. The van der Waals surface area contributed by atoms with Gasteiger partial charge in [-0.1, -0.05) is 36.7 Å². The molecule has 0 spiro atoms. The summed E-state index contributed by atoms with van der Waals surface area (Å²) < 4.78 is 1.85. The van der Waals surface area contributed by atoms with E-state index in [9.17, 15) is 0 Å². The fourth-order valence-electron chi connectivity index (χ4n) is 2.36. The summed E-state index contributed by atoms with van der Waals surface area (Å²) in [5.41, 5.74) is 12.0. The Balaban J connectivity index is 2.25. The highest BCUT2D eigenvalue weighted by Gasteiger charge is 2.17. The molecule has 1 aromatic carbocycles. The van der Waals surface area contributed by atoms with E-state index < -0.39 is 0 Å². The monoisotopic (exact) mass is 291 g/mol. The standard InChI is InChI=1S/C16H22ClN3/c1-5-14-16(17)15(20(4)19-14)9-13(18)12-7-6-10(2)11(3)8-12/h6-8,13H,5,9,18H2,1-4H3. The van der Waals surface area contributed by atoms with Gasteiger partial charge in [0.1, 0.15) is 0 Å². The highest BCUT2D eigenvalue weighted by molar-refractivity contribution is 6.31. The van der Waals surface area contributed by atoms with E-state index in [1.807, 2.05) is 11.7 Å². The summed E-state index contributed by atoms with van der Waals surface area (Å²) in [6.45, 7) is 6.27. The summed E-state index contributed by atoms with van der Waals surface area (Å²) in [5.74, 6) is 0. The van der Waals surface area contributed by atoms with E-state index in [1.165, 1.54) is 11.1 Å². The zero-order valence-corrected chi connectivity index (χ0v) is 13.3. The number of nitrogens with two attached hydrogens (primary N) is 1. The Hall–Kier alpha value is -1.32. The van der Waals surface area contributed by atoms with Crippen LogP contribution in [-0.2, 0) is 19.9 Å². The molecule has 0 saturated heterocycles. The number of hydrogen-bond acceptors (Lipinski definition) is 2. The minimum Gasteiger partial charge on any atom is -0.324 e. The van der Waals surface area contributed by atoms with Crippen molar-refractivity contribution in [3.8, 4) is 0 Å². The molecule has 1 unspecified atom stereocenters. The van der Waals surface area contributed by atoms with Crippen LogP contribution in [0.1, 0.15) is 41.0 Å². The Morgan fingerprint density at radius 1 is 1.30 bits per heavy atom. The van der Waals surface area contributed by atoms with Gasteiger partial charge in [-0.3, -0.25) is 4.68 Å². The van der Waals surface area contributed by atoms with Crippen molar-refractivity contribution in [1.82, 2.24) is 9.78 Å². The third kappa shape index (κ3) is 2.89. The molecule has 0 amide bonds. The first-order chi connectivity index (χ1) is 9.43. The quantitative estimate of drug-likeness (QED) is 0.937. The molecule has 2 rings (SSSR count). The fourth-order valence-corrected chi connectivity index (χ4v) is 2.73. The van der Waals surface area contributed by atoms with Gasteiger partial charge in [0, 0.05) is 19.5 Å². The lowest BCUT2D eigenvalue weighted by atomic mass is 9.98. The molecule has 1 aromatic heterocycles. The van der Waals surface area contributed by atoms with Gasteiger partial charge >= 0.3 is 0 Å². The second-order valence-corrected chi connectivity index (χ2v) is 5.72. The van der Waals surface area contributed by atoms with Crippen molar-refractivity contribution in [3.05, 3.63) is 51.3 Å². The molecule has 0 saturated carbocycles. The van der Waals surface area contributed by atoms with Crippen LogP contribution in [0, 0.1) is 13.8 Å². The van der Waals surface area contributed by atoms with Crippen LogP contribution in [0.5, 0.6) is 0 Å². The van der Waals surface area contributed by atoms with Crippen LogP contribution in [0.4, 0.5) is 0 Å². The summed E-state index contributed by atoms with van der Waals surface area (Å²) in [6.07, 6.45) is 1.54. The number of benzene rings is 1. The molecule has 0 fully saturated rings. The van der Waals surface area contributed by atoms with E-state index in [0.717, 1.165) is 28.4 Å². The van der Waals surface area contributed by atoms with Gasteiger partial charge in [-0.05, 0) is 37.0 Å². The smallest absolute Gasteiger partial charge is 0.0850 e. The number of aromatic nitrogens is 2. The first kappa shape index (κ1) is 15.1. The summed E-state index contributed by atoms with van der Waals surface area (Å²) in [4.78, 5) is 0. The second kappa shape index (κ2) is 5.98. The van der Waals surface area contributed by atoms with Crippen molar-refractivity contribution >= 4 is 11.6 Å². The third-order valence-corrected chi connectivity index (χ3v) is 4.31. The minimum absolute atomic E-state index is 0.0630. The Morgan fingerprint density at radius 2 is 2.00 bits per heavy atom. The van der Waals surface area contributed by atoms with Crippen LogP contribution in [0.2, 0.25) is 5.02 Å². The molecule has 0 bridgehead atoms. The molecule has 4 heteroatoms. The maximum Gasteiger partial charge on any atom is 0.0850 e. The number of halogens is 1. The molecule has 3 nitrogen and oxygen atoms in total. The van der Waals surface area contributed by atoms with Gasteiger partial charge in [-0.2, -0.15) is 5.10 Å². The molecule has 0 radical (unpaired) electrons. The summed E-state index contributed by atoms with van der Waals surface area (Å²) >= 11 is 6.38. The van der Waals surface area contributed by atoms with Gasteiger partial charge in [-0.15, -0.1) is 0 Å². The summed E-state index contributed by atoms with van der Waals surface area (Å²) in [5, 5.41) is 5.19. The topological polar surface area (TPSA) is 43.8 Å². The lowest BCUT2D eigenvalue weighted by Crippen LogP contribution is -2.16. The predicted molar refractivity (Wildman–Crippen MR) is 84.1 cm³/mol. The maximum atomic E-state index is 6.38. The van der Waals surface area contributed by atoms with E-state index >= 15 is 0 Å². The summed E-state index contributed by atoms with van der Waals surface area (Å²) in [7, 11) is 1.92. The zero-order valence-electron chi connectivity index (χ0n) is 12.6. The molecule has 1 heterocycles. The molecule has 0 aliphatic rings. The molecule has 0 aliphatic carbocycles. The lowest BCUT2D eigenvalue weighted by Gasteiger charge is -2.14. The molecular weight excluding hydrogens is 270 g/mol. The highest BCUT2D eigenvalue weighted by atomic mass is 35.5. The van der Waals surface area contributed by atoms with E-state index in [4.69, 9.17) is 17.3 Å². The first-order valence-corrected chi connectivity index (χ1v) is 7.34. The van der Waals surface area contributed by atoms with Crippen molar-refractivity contribution in [2.45, 2.75) is 39.7 Å². The first-order valence-electron chi connectivity index (χ1n) is 6.97. The van der Waals surface area contributed by atoms with Crippen LogP contribution in [0.15, 0.2) is 18.2 Å². The number of hydrogen-bond donors (Lipinski definition) is 1. The van der Waals surface area contributed by atoms with Crippen LogP contribution in [-0.4, -0.2) is 9.78 Å². The fraction of sp³-hybridized carbons (Fsp3) is 0.438. The van der Waals surface area contributed by atoms with Gasteiger partial charge in [-0.25, -0.2) is 0 Å². The van der Waals surface area contributed by atoms with Crippen molar-refractivity contribution in [2.24, 2.45) is 12.8 Å². The SMILES string of the molecule is CCc1nn(C)c(CC(N)c2ccc(C)c(C)c2)c1Cl. The number of aryl methyl sites for hydroxylation is 4. The number of nitrogens with zero attached hydrogens (tertiary/aromatic N) is 2. The van der Waals surface area contributed by atoms with Gasteiger partial charge in [0.2, 0.25) is 0 Å². The van der Waals surface area contributed by atoms with Crippen molar-refractivity contribution in [2.75, 3.05) is 0 Å². The van der Waals surface area contributed by atoms with Gasteiger partial charge in [0.15, 0.2) is 0 Å². The molecule has 0 aliphatic heterocycles. The lowest BCUT2D eigenvalue weighted by molar-refractivity contribution is 0.638. The van der Waals surface area contributed by atoms with E-state index in [1.54, 1.807) is 0 Å². The number of rotatable bonds is 4. The largest absolute Gasteiger partial charge is 0.324 e. The molecule has 20 heavy (non-hydrogen) atoms. The van der Waals surface area contributed by atoms with Crippen LogP contribution in [0.25, 0.3) is 0 Å². The van der Waals surface area contributed by atoms with Crippen LogP contribution >= 0.6 is 11.6 Å². The second-order valence-electron chi connectivity index (χ2n) is 5.34. The molecule has 2 N–H and O–H groups in total. The Morgan fingerprint density at radius 3 is 2.55 bits per heavy atom. The van der Waals surface area contributed by atoms with Gasteiger partial charge in [0.25, 0.3) is 0 Å². The highest BCUT2D eigenvalue weighted by Crippen LogP contribution is 2.26.